The maximum absolute atomic E-state index is 9.36. The highest BCUT2D eigenvalue weighted by atomic mass is 35.5. The molecule has 0 atom stereocenters. The molecule has 2 aliphatic rings. The van der Waals surface area contributed by atoms with Gasteiger partial charge in [0.15, 0.2) is 0 Å². The minimum atomic E-state index is -0.176. The van der Waals surface area contributed by atoms with Gasteiger partial charge in [-0.3, -0.25) is 0 Å². The van der Waals surface area contributed by atoms with Crippen molar-refractivity contribution in [2.24, 2.45) is 10.7 Å². The van der Waals surface area contributed by atoms with Crippen molar-refractivity contribution in [1.29, 1.82) is 0 Å². The molecule has 124 valence electrons. The normalized spacial score (nSPS) is 28.7. The molecule has 3 N–H and O–H groups in total. The Labute approximate surface area is 142 Å². The Balaban J connectivity index is 2.42. The fourth-order valence-electron chi connectivity index (χ4n) is 2.50. The van der Waals surface area contributed by atoms with Gasteiger partial charge in [-0.25, -0.2) is 4.99 Å². The van der Waals surface area contributed by atoms with E-state index in [1.165, 1.54) is 0 Å². The molecule has 0 aromatic rings. The summed E-state index contributed by atoms with van der Waals surface area (Å²) in [6, 6.07) is 0. The lowest BCUT2D eigenvalue weighted by atomic mass is 9.95. The summed E-state index contributed by atoms with van der Waals surface area (Å²) >= 11 is 6.16. The molecule has 0 amide bonds. The molecule has 2 rings (SSSR count). The van der Waals surface area contributed by atoms with Crippen LogP contribution in [-0.4, -0.2) is 24.0 Å². The third-order valence-corrected chi connectivity index (χ3v) is 3.85. The molecule has 0 spiro atoms. The number of allylic oxidation sites excluding steroid dienone is 8. The van der Waals surface area contributed by atoms with Gasteiger partial charge in [-0.05, 0) is 43.9 Å². The van der Waals surface area contributed by atoms with Gasteiger partial charge >= 0.3 is 0 Å². The van der Waals surface area contributed by atoms with Gasteiger partial charge < -0.3 is 15.6 Å². The Bertz CT molecular complexity index is 625. The van der Waals surface area contributed by atoms with Gasteiger partial charge in [-0.15, -0.1) is 0 Å². The summed E-state index contributed by atoms with van der Waals surface area (Å²) < 4.78 is 5.61. The third kappa shape index (κ3) is 5.12. The van der Waals surface area contributed by atoms with Gasteiger partial charge in [0, 0.05) is 23.2 Å². The van der Waals surface area contributed by atoms with Crippen molar-refractivity contribution >= 4 is 17.3 Å². The maximum Gasteiger partial charge on any atom is 0.0984 e. The number of hydrogen-bond acceptors (Lipinski definition) is 4. The van der Waals surface area contributed by atoms with E-state index in [0.717, 1.165) is 42.0 Å². The van der Waals surface area contributed by atoms with Gasteiger partial charge in [-0.2, -0.15) is 0 Å². The van der Waals surface area contributed by atoms with Gasteiger partial charge in [0.1, 0.15) is 0 Å². The van der Waals surface area contributed by atoms with Crippen molar-refractivity contribution in [3.05, 3.63) is 58.1 Å². The lowest BCUT2D eigenvalue weighted by Crippen LogP contribution is -2.17. The number of halogens is 1. The van der Waals surface area contributed by atoms with Crippen LogP contribution in [0.15, 0.2) is 63.1 Å². The van der Waals surface area contributed by atoms with E-state index in [0.29, 0.717) is 23.8 Å². The third-order valence-electron chi connectivity index (χ3n) is 3.62. The number of aliphatic hydroxyl groups is 1. The summed E-state index contributed by atoms with van der Waals surface area (Å²) in [5.41, 5.74) is 8.82. The first-order valence-corrected chi connectivity index (χ1v) is 8.26. The number of hydrogen-bond donors (Lipinski definition) is 2. The van der Waals surface area contributed by atoms with E-state index in [9.17, 15) is 5.11 Å². The summed E-state index contributed by atoms with van der Waals surface area (Å²) in [4.78, 5) is 4.71. The molecule has 23 heavy (non-hydrogen) atoms. The average Bonchev–Trinajstić information content (AvgIpc) is 2.52. The molecule has 0 radical (unpaired) electrons. The molecule has 0 bridgehead atoms. The van der Waals surface area contributed by atoms with Crippen LogP contribution in [0.2, 0.25) is 0 Å². The van der Waals surface area contributed by atoms with E-state index in [1.807, 2.05) is 31.2 Å². The minimum absolute atomic E-state index is 0.176. The Morgan fingerprint density at radius 1 is 1.35 bits per heavy atom. The van der Waals surface area contributed by atoms with Crippen molar-refractivity contribution in [3.63, 3.8) is 0 Å². The molecule has 2 aliphatic carbocycles. The molecule has 0 aromatic heterocycles. The predicted octanol–water partition coefficient (Wildman–Crippen LogP) is 3.70. The molecule has 0 unspecified atom stereocenters. The first-order valence-electron chi connectivity index (χ1n) is 7.88. The summed E-state index contributed by atoms with van der Waals surface area (Å²) in [6.07, 6.45) is 13.0. The van der Waals surface area contributed by atoms with Crippen molar-refractivity contribution in [2.75, 3.05) is 13.2 Å². The van der Waals surface area contributed by atoms with Crippen LogP contribution in [-0.2, 0) is 4.74 Å². The Morgan fingerprint density at radius 3 is 2.91 bits per heavy atom. The van der Waals surface area contributed by atoms with Crippen molar-refractivity contribution in [3.8, 4) is 0 Å². The Hall–Kier alpha value is -1.78. The molecular weight excluding hydrogens is 312 g/mol. The first-order chi connectivity index (χ1) is 11.1. The fraction of sp³-hybridized carbons (Fsp3) is 0.389. The van der Waals surface area contributed by atoms with Crippen molar-refractivity contribution in [1.82, 2.24) is 0 Å². The van der Waals surface area contributed by atoms with E-state index in [2.05, 4.69) is 6.08 Å². The highest BCUT2D eigenvalue weighted by Crippen LogP contribution is 2.25. The highest BCUT2D eigenvalue weighted by molar-refractivity contribution is 6.31. The number of aliphatic hydroxyl groups excluding tert-OH is 1. The van der Waals surface area contributed by atoms with Crippen LogP contribution in [0, 0.1) is 0 Å². The van der Waals surface area contributed by atoms with Crippen LogP contribution < -0.4 is 5.73 Å². The molecule has 0 heterocycles. The van der Waals surface area contributed by atoms with Crippen LogP contribution in [0.4, 0.5) is 0 Å². The van der Waals surface area contributed by atoms with Gasteiger partial charge in [-0.1, -0.05) is 23.8 Å². The summed E-state index contributed by atoms with van der Waals surface area (Å²) in [7, 11) is 0. The van der Waals surface area contributed by atoms with Gasteiger partial charge in [0.05, 0.1) is 30.4 Å². The fourth-order valence-corrected chi connectivity index (χ4v) is 2.70. The van der Waals surface area contributed by atoms with E-state index in [1.54, 1.807) is 0 Å². The largest absolute Gasteiger partial charge is 0.498 e. The molecule has 0 aromatic carbocycles. The van der Waals surface area contributed by atoms with Gasteiger partial charge in [0.2, 0.25) is 0 Å². The lowest BCUT2D eigenvalue weighted by molar-refractivity contribution is 0.218. The summed E-state index contributed by atoms with van der Waals surface area (Å²) in [5.74, 6) is 0.891. The number of nitrogens with two attached hydrogens (primary N) is 1. The molecule has 4 nitrogen and oxygen atoms in total. The van der Waals surface area contributed by atoms with E-state index >= 15 is 0 Å². The summed E-state index contributed by atoms with van der Waals surface area (Å²) in [6.45, 7) is 2.40. The van der Waals surface area contributed by atoms with Crippen molar-refractivity contribution < 1.29 is 9.84 Å². The second kappa shape index (κ2) is 8.75. The minimum Gasteiger partial charge on any atom is -0.498 e. The average molecular weight is 335 g/mol. The second-order valence-corrected chi connectivity index (χ2v) is 5.78. The molecular formula is C18H23ClN2O2. The highest BCUT2D eigenvalue weighted by Gasteiger charge is 2.18. The lowest BCUT2D eigenvalue weighted by Gasteiger charge is -2.19. The number of ether oxygens (including phenoxy) is 1. The van der Waals surface area contributed by atoms with Crippen LogP contribution >= 0.6 is 11.6 Å². The van der Waals surface area contributed by atoms with Crippen LogP contribution in [0.1, 0.15) is 32.6 Å². The van der Waals surface area contributed by atoms with Crippen LogP contribution in [0.3, 0.4) is 0 Å². The van der Waals surface area contributed by atoms with E-state index in [-0.39, 0.29) is 6.61 Å². The monoisotopic (exact) mass is 334 g/mol. The van der Waals surface area contributed by atoms with Crippen molar-refractivity contribution in [2.45, 2.75) is 32.6 Å². The first kappa shape index (κ1) is 17.6. The number of aliphatic imine (C=N–C) groups is 1. The topological polar surface area (TPSA) is 67.8 Å². The Morgan fingerprint density at radius 2 is 2.17 bits per heavy atom. The Kier molecular flexibility index (Phi) is 6.68. The zero-order valence-electron chi connectivity index (χ0n) is 13.4. The van der Waals surface area contributed by atoms with E-state index in [4.69, 9.17) is 27.1 Å². The molecule has 0 saturated carbocycles. The molecule has 0 saturated heterocycles. The second-order valence-electron chi connectivity index (χ2n) is 5.34. The SMILES string of the molecule is CCOC1=CC(=N/C2=C/CC/C=C/C(Cl)=C\2)/C(=C(\N)CO)CC1. The smallest absolute Gasteiger partial charge is 0.0984 e. The quantitative estimate of drug-likeness (QED) is 0.823. The zero-order chi connectivity index (χ0) is 16.7. The van der Waals surface area contributed by atoms with Crippen LogP contribution in [0.5, 0.6) is 0 Å². The zero-order valence-corrected chi connectivity index (χ0v) is 14.1. The standard InChI is InChI=1S/C18H23ClN2O2/c1-2-23-15-8-9-16(17(20)12-22)18(11-15)21-14-7-5-3-4-6-13(19)10-14/h4,6-7,10-11,22H,2-3,5,8-9,12,20H2,1H3/b6-4+,13-10+,14-7+,17-16-,21-18-. The number of nitrogens with zero attached hydrogens (tertiary/aromatic N) is 1. The molecule has 0 aliphatic heterocycles. The maximum atomic E-state index is 9.36. The predicted molar refractivity (Wildman–Crippen MR) is 95.1 cm³/mol. The molecule has 5 heteroatoms. The van der Waals surface area contributed by atoms with Crippen LogP contribution in [0.25, 0.3) is 0 Å². The van der Waals surface area contributed by atoms with Gasteiger partial charge in [0.25, 0.3) is 0 Å². The molecule has 0 fully saturated rings. The number of rotatable bonds is 4. The van der Waals surface area contributed by atoms with E-state index < -0.39 is 0 Å². The summed E-state index contributed by atoms with van der Waals surface area (Å²) in [5, 5.41) is 10.0.